The lowest BCUT2D eigenvalue weighted by molar-refractivity contribution is -0.126. The molecule has 2 heterocycles. The normalized spacial score (nSPS) is 17.6. The molecular formula is C13H21ClN4O3S. The number of hydrogen-bond acceptors (Lipinski definition) is 4. The zero-order chi connectivity index (χ0) is 16.3. The third-order valence-corrected chi connectivity index (χ3v) is 5.54. The first-order valence-electron chi connectivity index (χ1n) is 7.26. The average Bonchev–Trinajstić information content (AvgIpc) is 2.84. The first-order valence-corrected chi connectivity index (χ1v) is 9.48. The van der Waals surface area contributed by atoms with Crippen molar-refractivity contribution < 1.29 is 13.2 Å². The second-order valence-corrected chi connectivity index (χ2v) is 7.80. The molecule has 1 saturated heterocycles. The van der Waals surface area contributed by atoms with Gasteiger partial charge in [-0.25, -0.2) is 12.7 Å². The highest BCUT2D eigenvalue weighted by Crippen LogP contribution is 2.20. The Labute approximate surface area is 135 Å². The maximum Gasteiger partial charge on any atom is 0.223 e. The summed E-state index contributed by atoms with van der Waals surface area (Å²) in [5, 5.41) is 7.53. The third kappa shape index (κ3) is 3.99. The molecule has 0 aliphatic carbocycles. The monoisotopic (exact) mass is 348 g/mol. The quantitative estimate of drug-likeness (QED) is 0.854. The van der Waals surface area contributed by atoms with Gasteiger partial charge in [0.25, 0.3) is 0 Å². The summed E-state index contributed by atoms with van der Waals surface area (Å²) in [7, 11) is -3.16. The van der Waals surface area contributed by atoms with Crippen molar-refractivity contribution in [2.45, 2.75) is 32.9 Å². The van der Waals surface area contributed by atoms with Gasteiger partial charge in [0.05, 0.1) is 29.7 Å². The molecular weight excluding hydrogens is 328 g/mol. The molecule has 7 nitrogen and oxygen atoms in total. The fourth-order valence-electron chi connectivity index (χ4n) is 2.60. The standard InChI is InChI=1S/C13H21ClN4O3S/c1-3-18-12(11(14)8-16-18)9-15-13(19)10-4-6-17(7-5-10)22(2,20)21/h8,10H,3-7,9H2,1-2H3,(H,15,19). The number of halogens is 1. The van der Waals surface area contributed by atoms with Crippen LogP contribution in [-0.2, 0) is 27.9 Å². The zero-order valence-electron chi connectivity index (χ0n) is 12.7. The highest BCUT2D eigenvalue weighted by molar-refractivity contribution is 7.88. The Hall–Kier alpha value is -1.12. The van der Waals surface area contributed by atoms with Crippen molar-refractivity contribution in [1.82, 2.24) is 19.4 Å². The van der Waals surface area contributed by atoms with Crippen LogP contribution in [0.5, 0.6) is 0 Å². The van der Waals surface area contributed by atoms with E-state index in [2.05, 4.69) is 10.4 Å². The van der Waals surface area contributed by atoms with Gasteiger partial charge >= 0.3 is 0 Å². The highest BCUT2D eigenvalue weighted by atomic mass is 35.5. The van der Waals surface area contributed by atoms with Crippen LogP contribution < -0.4 is 5.32 Å². The van der Waals surface area contributed by atoms with E-state index in [1.165, 1.54) is 10.6 Å². The summed E-state index contributed by atoms with van der Waals surface area (Å²) in [5.74, 6) is -0.220. The van der Waals surface area contributed by atoms with Gasteiger partial charge in [0.15, 0.2) is 0 Å². The van der Waals surface area contributed by atoms with Crippen molar-refractivity contribution >= 4 is 27.5 Å². The van der Waals surface area contributed by atoms with E-state index >= 15 is 0 Å². The second-order valence-electron chi connectivity index (χ2n) is 5.41. The fraction of sp³-hybridized carbons (Fsp3) is 0.692. The van der Waals surface area contributed by atoms with Crippen LogP contribution in [0.4, 0.5) is 0 Å². The molecule has 0 saturated carbocycles. The van der Waals surface area contributed by atoms with Gasteiger partial charge in [-0.1, -0.05) is 11.6 Å². The predicted octanol–water partition coefficient (Wildman–Crippen LogP) is 0.844. The van der Waals surface area contributed by atoms with E-state index in [0.717, 1.165) is 5.69 Å². The summed E-state index contributed by atoms with van der Waals surface area (Å²) in [4.78, 5) is 12.2. The van der Waals surface area contributed by atoms with E-state index in [-0.39, 0.29) is 11.8 Å². The number of amides is 1. The minimum atomic E-state index is -3.16. The molecule has 1 aliphatic rings. The van der Waals surface area contributed by atoms with Gasteiger partial charge in [0.2, 0.25) is 15.9 Å². The van der Waals surface area contributed by atoms with Crippen molar-refractivity contribution in [3.8, 4) is 0 Å². The average molecular weight is 349 g/mol. The lowest BCUT2D eigenvalue weighted by Crippen LogP contribution is -2.42. The van der Waals surface area contributed by atoms with Crippen LogP contribution in [0.3, 0.4) is 0 Å². The number of sulfonamides is 1. The van der Waals surface area contributed by atoms with Gasteiger partial charge in [-0.2, -0.15) is 5.10 Å². The predicted molar refractivity (Wildman–Crippen MR) is 83.9 cm³/mol. The summed E-state index contributed by atoms with van der Waals surface area (Å²) < 4.78 is 26.1. The summed E-state index contributed by atoms with van der Waals surface area (Å²) in [6.07, 6.45) is 3.85. The molecule has 0 atom stereocenters. The SMILES string of the molecule is CCn1ncc(Cl)c1CNC(=O)C1CCN(S(C)(=O)=O)CC1. The Balaban J connectivity index is 1.88. The Bertz CT molecular complexity index is 636. The highest BCUT2D eigenvalue weighted by Gasteiger charge is 2.28. The minimum Gasteiger partial charge on any atom is -0.350 e. The molecule has 1 aromatic rings. The van der Waals surface area contributed by atoms with Gasteiger partial charge < -0.3 is 5.32 Å². The zero-order valence-corrected chi connectivity index (χ0v) is 14.3. The fourth-order valence-corrected chi connectivity index (χ4v) is 3.68. The number of hydrogen-bond donors (Lipinski definition) is 1. The van der Waals surface area contributed by atoms with E-state index in [1.807, 2.05) is 6.92 Å². The molecule has 1 fully saturated rings. The number of carbonyl (C=O) groups excluding carboxylic acids is 1. The number of nitrogens with zero attached hydrogens (tertiary/aromatic N) is 3. The van der Waals surface area contributed by atoms with E-state index in [9.17, 15) is 13.2 Å². The van der Waals surface area contributed by atoms with Crippen LogP contribution in [-0.4, -0.2) is 47.8 Å². The number of aryl methyl sites for hydroxylation is 1. The molecule has 0 radical (unpaired) electrons. The van der Waals surface area contributed by atoms with Crippen molar-refractivity contribution in [1.29, 1.82) is 0 Å². The van der Waals surface area contributed by atoms with Gasteiger partial charge in [-0.15, -0.1) is 0 Å². The summed E-state index contributed by atoms with van der Waals surface area (Å²) in [6, 6.07) is 0. The third-order valence-electron chi connectivity index (χ3n) is 3.92. The lowest BCUT2D eigenvalue weighted by atomic mass is 9.97. The van der Waals surface area contributed by atoms with Crippen LogP contribution >= 0.6 is 11.6 Å². The summed E-state index contributed by atoms with van der Waals surface area (Å²) >= 11 is 6.05. The van der Waals surface area contributed by atoms with Gasteiger partial charge in [0, 0.05) is 25.6 Å². The number of piperidine rings is 1. The molecule has 1 aromatic heterocycles. The summed E-state index contributed by atoms with van der Waals surface area (Å²) in [6.45, 7) is 3.76. The summed E-state index contributed by atoms with van der Waals surface area (Å²) in [5.41, 5.74) is 0.783. The molecule has 1 aliphatic heterocycles. The molecule has 1 N–H and O–H groups in total. The van der Waals surface area contributed by atoms with Crippen LogP contribution in [0.25, 0.3) is 0 Å². The Morgan fingerprint density at radius 1 is 1.45 bits per heavy atom. The van der Waals surface area contributed by atoms with Crippen molar-refractivity contribution in [3.63, 3.8) is 0 Å². The van der Waals surface area contributed by atoms with Gasteiger partial charge in [0.1, 0.15) is 0 Å². The number of rotatable bonds is 5. The number of carbonyl (C=O) groups is 1. The topological polar surface area (TPSA) is 84.3 Å². The van der Waals surface area contributed by atoms with Crippen molar-refractivity contribution in [2.75, 3.05) is 19.3 Å². The van der Waals surface area contributed by atoms with E-state index in [1.54, 1.807) is 10.9 Å². The molecule has 1 amide bonds. The first-order chi connectivity index (χ1) is 10.3. The van der Waals surface area contributed by atoms with Crippen molar-refractivity contribution in [2.24, 2.45) is 5.92 Å². The lowest BCUT2D eigenvalue weighted by Gasteiger charge is -2.29. The number of aromatic nitrogens is 2. The van der Waals surface area contributed by atoms with Gasteiger partial charge in [-0.3, -0.25) is 9.48 Å². The van der Waals surface area contributed by atoms with E-state index in [4.69, 9.17) is 11.6 Å². The number of nitrogens with one attached hydrogen (secondary N) is 1. The molecule has 0 bridgehead atoms. The Morgan fingerprint density at radius 3 is 2.64 bits per heavy atom. The van der Waals surface area contributed by atoms with Crippen LogP contribution in [0, 0.1) is 5.92 Å². The van der Waals surface area contributed by atoms with Gasteiger partial charge in [-0.05, 0) is 19.8 Å². The maximum atomic E-state index is 12.2. The molecule has 124 valence electrons. The van der Waals surface area contributed by atoms with Crippen LogP contribution in [0.15, 0.2) is 6.20 Å². The van der Waals surface area contributed by atoms with Crippen LogP contribution in [0.1, 0.15) is 25.5 Å². The second kappa shape index (κ2) is 6.97. The molecule has 9 heteroatoms. The van der Waals surface area contributed by atoms with E-state index in [0.29, 0.717) is 44.0 Å². The first kappa shape index (κ1) is 17.2. The maximum absolute atomic E-state index is 12.2. The smallest absolute Gasteiger partial charge is 0.223 e. The van der Waals surface area contributed by atoms with E-state index < -0.39 is 10.0 Å². The Kier molecular flexibility index (Phi) is 5.46. The molecule has 2 rings (SSSR count). The minimum absolute atomic E-state index is 0.0620. The molecule has 22 heavy (non-hydrogen) atoms. The van der Waals surface area contributed by atoms with Crippen LogP contribution in [0.2, 0.25) is 5.02 Å². The molecule has 0 aromatic carbocycles. The largest absolute Gasteiger partial charge is 0.350 e. The Morgan fingerprint density at radius 2 is 2.09 bits per heavy atom. The van der Waals surface area contributed by atoms with Crippen molar-refractivity contribution in [3.05, 3.63) is 16.9 Å². The molecule has 0 unspecified atom stereocenters. The molecule has 0 spiro atoms.